The second-order valence-electron chi connectivity index (χ2n) is 8.61. The van der Waals surface area contributed by atoms with E-state index in [-0.39, 0.29) is 5.92 Å². The molecule has 4 nitrogen and oxygen atoms in total. The lowest BCUT2D eigenvalue weighted by Gasteiger charge is -2.28. The Hall–Kier alpha value is -3.40. The number of hydrogen-bond donors (Lipinski definition) is 0. The maximum atomic E-state index is 6.48. The van der Waals surface area contributed by atoms with Gasteiger partial charge in [-0.15, -0.1) is 0 Å². The Balaban J connectivity index is 1.77. The molecule has 5 rings (SSSR count). The Bertz CT molecular complexity index is 1260. The van der Waals surface area contributed by atoms with Gasteiger partial charge in [0, 0.05) is 16.9 Å². The monoisotopic (exact) mass is 411 g/mol. The van der Waals surface area contributed by atoms with Gasteiger partial charge in [0.05, 0.1) is 19.2 Å². The zero-order chi connectivity index (χ0) is 21.5. The van der Waals surface area contributed by atoms with Crippen molar-refractivity contribution in [2.45, 2.75) is 33.2 Å². The van der Waals surface area contributed by atoms with E-state index in [1.165, 1.54) is 22.2 Å². The zero-order valence-electron chi connectivity index (χ0n) is 18.4. The van der Waals surface area contributed by atoms with Crippen LogP contribution in [0.15, 0.2) is 67.0 Å². The van der Waals surface area contributed by atoms with Crippen molar-refractivity contribution in [2.75, 3.05) is 7.11 Å². The number of fused-ring (bicyclic) bond motifs is 4. The summed E-state index contributed by atoms with van der Waals surface area (Å²) in [6.07, 6.45) is 1.91. The molecule has 0 spiro atoms. The fourth-order valence-electron chi connectivity index (χ4n) is 4.57. The highest BCUT2D eigenvalue weighted by Gasteiger charge is 2.37. The fraction of sp³-hybridized carbons (Fsp3) is 0.259. The van der Waals surface area contributed by atoms with Gasteiger partial charge in [0.15, 0.2) is 0 Å². The van der Waals surface area contributed by atoms with E-state index in [4.69, 9.17) is 14.5 Å². The minimum Gasteiger partial charge on any atom is -0.497 e. The molecule has 1 aromatic heterocycles. The smallest absolute Gasteiger partial charge is 0.341 e. The highest BCUT2D eigenvalue weighted by Crippen LogP contribution is 2.49. The van der Waals surface area contributed by atoms with Gasteiger partial charge in [0.2, 0.25) is 0 Å². The van der Waals surface area contributed by atoms with Crippen LogP contribution in [0.4, 0.5) is 0 Å². The largest absolute Gasteiger partial charge is 0.497 e. The van der Waals surface area contributed by atoms with Gasteiger partial charge < -0.3 is 9.47 Å². The van der Waals surface area contributed by atoms with E-state index in [0.29, 0.717) is 11.8 Å². The lowest BCUT2D eigenvalue weighted by Crippen LogP contribution is -2.41. The predicted octanol–water partition coefficient (Wildman–Crippen LogP) is 5.78. The van der Waals surface area contributed by atoms with E-state index in [2.05, 4.69) is 73.9 Å². The van der Waals surface area contributed by atoms with E-state index in [0.717, 1.165) is 29.0 Å². The molecule has 31 heavy (non-hydrogen) atoms. The summed E-state index contributed by atoms with van der Waals surface area (Å²) in [7, 11) is 1.70. The number of benzene rings is 3. The molecule has 0 N–H and O–H groups in total. The third kappa shape index (κ3) is 3.32. The Morgan fingerprint density at radius 1 is 1.03 bits per heavy atom. The Morgan fingerprint density at radius 3 is 2.55 bits per heavy atom. The van der Waals surface area contributed by atoms with Crippen molar-refractivity contribution in [3.63, 3.8) is 0 Å². The molecule has 3 aromatic carbocycles. The van der Waals surface area contributed by atoms with Gasteiger partial charge >= 0.3 is 5.88 Å². The number of ether oxygens (including phenoxy) is 2. The molecule has 0 radical (unpaired) electrons. The number of nitrogens with zero attached hydrogens (tertiary/aromatic N) is 2. The van der Waals surface area contributed by atoms with Gasteiger partial charge in [-0.3, -0.25) is 0 Å². The third-order valence-electron chi connectivity index (χ3n) is 6.08. The van der Waals surface area contributed by atoms with E-state index in [1.54, 1.807) is 7.11 Å². The van der Waals surface area contributed by atoms with Crippen molar-refractivity contribution in [1.29, 1.82) is 0 Å². The normalized spacial score (nSPS) is 14.8. The van der Waals surface area contributed by atoms with Gasteiger partial charge in [-0.25, -0.2) is 4.57 Å². The van der Waals surface area contributed by atoms with Crippen LogP contribution >= 0.6 is 0 Å². The Kier molecular flexibility index (Phi) is 4.85. The maximum Gasteiger partial charge on any atom is 0.341 e. The van der Waals surface area contributed by atoms with Gasteiger partial charge in [-0.05, 0) is 40.9 Å². The summed E-state index contributed by atoms with van der Waals surface area (Å²) in [5.74, 6) is 3.03. The maximum absolute atomic E-state index is 6.48. The average molecular weight is 412 g/mol. The molecule has 1 atom stereocenters. The Morgan fingerprint density at radius 2 is 1.81 bits per heavy atom. The lowest BCUT2D eigenvalue weighted by molar-refractivity contribution is -0.711. The first-order chi connectivity index (χ1) is 15.1. The quantitative estimate of drug-likeness (QED) is 0.352. The summed E-state index contributed by atoms with van der Waals surface area (Å²) in [6.45, 7) is 7.55. The third-order valence-corrected chi connectivity index (χ3v) is 6.08. The molecule has 0 bridgehead atoms. The number of aromatic nitrogens is 2. The van der Waals surface area contributed by atoms with Crippen LogP contribution in [0.1, 0.15) is 42.1 Å². The number of hydrogen-bond acceptors (Lipinski definition) is 3. The summed E-state index contributed by atoms with van der Waals surface area (Å²) >= 11 is 0. The molecule has 4 heteroatoms. The van der Waals surface area contributed by atoms with Crippen molar-refractivity contribution >= 4 is 10.8 Å². The minimum absolute atomic E-state index is 0.0429. The summed E-state index contributed by atoms with van der Waals surface area (Å²) in [6, 6.07) is 21.1. The molecule has 0 fully saturated rings. The average Bonchev–Trinajstić information content (AvgIpc) is 2.79. The first kappa shape index (κ1) is 19.6. The van der Waals surface area contributed by atoms with Crippen molar-refractivity contribution in [2.24, 2.45) is 5.92 Å². The van der Waals surface area contributed by atoms with Crippen LogP contribution in [-0.2, 0) is 6.54 Å². The van der Waals surface area contributed by atoms with E-state index >= 15 is 0 Å². The van der Waals surface area contributed by atoms with Gasteiger partial charge in [0.1, 0.15) is 17.2 Å². The topological polar surface area (TPSA) is 35.2 Å². The van der Waals surface area contributed by atoms with E-state index in [1.807, 2.05) is 18.5 Å². The van der Waals surface area contributed by atoms with Crippen LogP contribution in [0, 0.1) is 12.8 Å². The molecule has 0 unspecified atom stereocenters. The molecule has 156 valence electrons. The standard InChI is InChI=1S/C27H27N2O2/c1-17(2)15-29-16-28-27-24(18(29)3)25(20-9-12-21(30-4)13-10-20)23-14-11-19-7-5-6-8-22(19)26(23)31-27/h5-14,16-17,25H,15H2,1-4H3/q+1/t25-/m0/s1. The second-order valence-corrected chi connectivity index (χ2v) is 8.61. The van der Waals surface area contributed by atoms with Crippen molar-refractivity contribution in [3.8, 4) is 17.4 Å². The summed E-state index contributed by atoms with van der Waals surface area (Å²) < 4.78 is 14.1. The van der Waals surface area contributed by atoms with Crippen LogP contribution in [0.5, 0.6) is 17.4 Å². The molecule has 0 amide bonds. The first-order valence-corrected chi connectivity index (χ1v) is 10.8. The molecule has 0 aliphatic carbocycles. The Labute approximate surface area is 183 Å². The molecule has 0 saturated carbocycles. The molecule has 1 aliphatic rings. The molecular formula is C27H27N2O2+. The van der Waals surface area contributed by atoms with Crippen LogP contribution in [0.25, 0.3) is 10.8 Å². The number of methoxy groups -OCH3 is 1. The molecule has 2 heterocycles. The van der Waals surface area contributed by atoms with Gasteiger partial charge in [-0.1, -0.05) is 62.4 Å². The minimum atomic E-state index is 0.0429. The van der Waals surface area contributed by atoms with Crippen LogP contribution in [0.2, 0.25) is 0 Å². The van der Waals surface area contributed by atoms with E-state index < -0.39 is 0 Å². The van der Waals surface area contributed by atoms with E-state index in [9.17, 15) is 0 Å². The van der Waals surface area contributed by atoms with Crippen LogP contribution < -0.4 is 14.0 Å². The zero-order valence-corrected chi connectivity index (χ0v) is 18.4. The second kappa shape index (κ2) is 7.69. The molecule has 1 aliphatic heterocycles. The van der Waals surface area contributed by atoms with Crippen LogP contribution in [0.3, 0.4) is 0 Å². The highest BCUT2D eigenvalue weighted by atomic mass is 16.5. The van der Waals surface area contributed by atoms with Gasteiger partial charge in [0.25, 0.3) is 6.33 Å². The SMILES string of the molecule is COc1ccc([C@H]2c3ccc4ccccc4c3Oc3nc[n+](CC(C)C)c(C)c32)cc1. The van der Waals surface area contributed by atoms with Crippen molar-refractivity contribution < 1.29 is 14.0 Å². The molecule has 4 aromatic rings. The lowest BCUT2D eigenvalue weighted by atomic mass is 9.81. The fourth-order valence-corrected chi connectivity index (χ4v) is 4.57. The first-order valence-electron chi connectivity index (χ1n) is 10.8. The van der Waals surface area contributed by atoms with Crippen molar-refractivity contribution in [1.82, 2.24) is 4.98 Å². The predicted molar refractivity (Wildman–Crippen MR) is 122 cm³/mol. The number of rotatable bonds is 4. The summed E-state index contributed by atoms with van der Waals surface area (Å²) in [5, 5.41) is 2.28. The molecular weight excluding hydrogens is 384 g/mol. The molecule has 0 saturated heterocycles. The van der Waals surface area contributed by atoms with Gasteiger partial charge in [-0.2, -0.15) is 0 Å². The van der Waals surface area contributed by atoms with Crippen LogP contribution in [-0.4, -0.2) is 12.1 Å². The summed E-state index contributed by atoms with van der Waals surface area (Å²) in [4.78, 5) is 4.76. The summed E-state index contributed by atoms with van der Waals surface area (Å²) in [5.41, 5.74) is 4.70. The van der Waals surface area contributed by atoms with Crippen molar-refractivity contribution in [3.05, 3.63) is 89.4 Å². The highest BCUT2D eigenvalue weighted by molar-refractivity contribution is 5.91.